The van der Waals surface area contributed by atoms with E-state index >= 15 is 0 Å². The predicted molar refractivity (Wildman–Crippen MR) is 118 cm³/mol. The van der Waals surface area contributed by atoms with Gasteiger partial charge in [0.05, 0.1) is 6.33 Å². The largest absolute Gasteiger partial charge is 0.332 e. The van der Waals surface area contributed by atoms with Gasteiger partial charge in [0.2, 0.25) is 5.91 Å². The number of imidazole rings is 1. The first kappa shape index (κ1) is 19.8. The highest BCUT2D eigenvalue weighted by Gasteiger charge is 2.24. The summed E-state index contributed by atoms with van der Waals surface area (Å²) in [6, 6.07) is 9.02. The maximum Gasteiger partial charge on any atom is 0.332 e. The molecule has 1 atom stereocenters. The Morgan fingerprint density at radius 1 is 1.10 bits per heavy atom. The SMILES string of the molecule is CCC(C(=O)Nc1ccc(-c2ccsc2)cc1)n1cnc2c1c(=O)n(C)c(=O)n2C. The number of nitrogens with zero attached hydrogens (tertiary/aromatic N) is 4. The Morgan fingerprint density at radius 2 is 1.83 bits per heavy atom. The number of anilines is 1. The lowest BCUT2D eigenvalue weighted by Gasteiger charge is -2.17. The van der Waals surface area contributed by atoms with Gasteiger partial charge in [0.15, 0.2) is 11.2 Å². The fraction of sp³-hybridized carbons (Fsp3) is 0.238. The molecule has 8 nitrogen and oxygen atoms in total. The van der Waals surface area contributed by atoms with Crippen molar-refractivity contribution in [1.82, 2.24) is 18.7 Å². The summed E-state index contributed by atoms with van der Waals surface area (Å²) in [7, 11) is 2.97. The van der Waals surface area contributed by atoms with Crippen molar-refractivity contribution < 1.29 is 4.79 Å². The van der Waals surface area contributed by atoms with Crippen LogP contribution in [0.2, 0.25) is 0 Å². The molecular formula is C21H21N5O3S. The number of aromatic nitrogens is 4. The van der Waals surface area contributed by atoms with Gasteiger partial charge in [-0.05, 0) is 46.5 Å². The Labute approximate surface area is 176 Å². The fourth-order valence-corrected chi connectivity index (χ4v) is 4.17. The number of carbonyl (C=O) groups is 1. The Hall–Kier alpha value is -3.46. The van der Waals surface area contributed by atoms with Crippen molar-refractivity contribution in [3.8, 4) is 11.1 Å². The van der Waals surface area contributed by atoms with E-state index in [0.717, 1.165) is 15.7 Å². The van der Waals surface area contributed by atoms with Crippen LogP contribution >= 0.6 is 11.3 Å². The smallest absolute Gasteiger partial charge is 0.324 e. The zero-order valence-corrected chi connectivity index (χ0v) is 17.6. The molecule has 0 aliphatic carbocycles. The molecule has 0 bridgehead atoms. The van der Waals surface area contributed by atoms with Crippen molar-refractivity contribution in [2.24, 2.45) is 14.1 Å². The minimum Gasteiger partial charge on any atom is -0.324 e. The van der Waals surface area contributed by atoms with Gasteiger partial charge in [-0.25, -0.2) is 9.78 Å². The molecule has 1 unspecified atom stereocenters. The van der Waals surface area contributed by atoms with Crippen molar-refractivity contribution in [2.45, 2.75) is 19.4 Å². The lowest BCUT2D eigenvalue weighted by atomic mass is 10.1. The second-order valence-electron chi connectivity index (χ2n) is 7.03. The van der Waals surface area contributed by atoms with Crippen LogP contribution in [0.3, 0.4) is 0 Å². The van der Waals surface area contributed by atoms with Gasteiger partial charge in [0.1, 0.15) is 6.04 Å². The van der Waals surface area contributed by atoms with E-state index in [2.05, 4.69) is 15.7 Å². The third-order valence-electron chi connectivity index (χ3n) is 5.21. The monoisotopic (exact) mass is 423 g/mol. The minimum absolute atomic E-state index is 0.231. The summed E-state index contributed by atoms with van der Waals surface area (Å²) in [5, 5.41) is 7.00. The van der Waals surface area contributed by atoms with Crippen LogP contribution in [0.5, 0.6) is 0 Å². The molecule has 0 saturated heterocycles. The third kappa shape index (κ3) is 3.26. The van der Waals surface area contributed by atoms with Gasteiger partial charge < -0.3 is 9.88 Å². The van der Waals surface area contributed by atoms with Crippen LogP contribution in [0, 0.1) is 0 Å². The standard InChI is InChI=1S/C21H21N5O3S/c1-4-16(26-12-22-18-17(26)20(28)25(3)21(29)24(18)2)19(27)23-15-7-5-13(6-8-15)14-9-10-30-11-14/h5-12,16H,4H2,1-3H3,(H,23,27). The van der Waals surface area contributed by atoms with Crippen LogP contribution in [0.1, 0.15) is 19.4 Å². The topological polar surface area (TPSA) is 90.9 Å². The van der Waals surface area contributed by atoms with E-state index in [9.17, 15) is 14.4 Å². The molecule has 0 spiro atoms. The molecule has 0 radical (unpaired) electrons. The number of carbonyl (C=O) groups excluding carboxylic acids is 1. The van der Waals surface area contributed by atoms with Crippen molar-refractivity contribution in [3.63, 3.8) is 0 Å². The van der Waals surface area contributed by atoms with E-state index in [4.69, 9.17) is 0 Å². The molecule has 1 N–H and O–H groups in total. The second kappa shape index (κ2) is 7.75. The summed E-state index contributed by atoms with van der Waals surface area (Å²) in [5.74, 6) is -0.254. The van der Waals surface area contributed by atoms with Gasteiger partial charge >= 0.3 is 5.69 Å². The summed E-state index contributed by atoms with van der Waals surface area (Å²) >= 11 is 1.63. The number of fused-ring (bicyclic) bond motifs is 1. The normalized spacial score (nSPS) is 12.2. The maximum atomic E-state index is 13.0. The summed E-state index contributed by atoms with van der Waals surface area (Å²) in [6.45, 7) is 1.86. The summed E-state index contributed by atoms with van der Waals surface area (Å²) in [5.41, 5.74) is 2.44. The summed E-state index contributed by atoms with van der Waals surface area (Å²) < 4.78 is 3.88. The molecule has 1 amide bonds. The van der Waals surface area contributed by atoms with Gasteiger partial charge in [-0.3, -0.25) is 18.7 Å². The number of benzene rings is 1. The quantitative estimate of drug-likeness (QED) is 0.534. The highest BCUT2D eigenvalue weighted by molar-refractivity contribution is 7.08. The van der Waals surface area contributed by atoms with E-state index in [0.29, 0.717) is 12.1 Å². The lowest BCUT2D eigenvalue weighted by Crippen LogP contribution is -2.38. The fourth-order valence-electron chi connectivity index (χ4n) is 3.51. The lowest BCUT2D eigenvalue weighted by molar-refractivity contribution is -0.119. The number of rotatable bonds is 5. The minimum atomic E-state index is -0.642. The van der Waals surface area contributed by atoms with Gasteiger partial charge in [-0.1, -0.05) is 19.1 Å². The molecule has 154 valence electrons. The van der Waals surface area contributed by atoms with Crippen LogP contribution < -0.4 is 16.6 Å². The molecule has 9 heteroatoms. The molecular weight excluding hydrogens is 402 g/mol. The number of hydrogen-bond acceptors (Lipinski definition) is 5. The van der Waals surface area contributed by atoms with E-state index in [-0.39, 0.29) is 17.1 Å². The maximum absolute atomic E-state index is 13.0. The Balaban J connectivity index is 1.65. The molecule has 1 aromatic carbocycles. The van der Waals surface area contributed by atoms with Gasteiger partial charge in [0, 0.05) is 19.8 Å². The molecule has 4 rings (SSSR count). The van der Waals surface area contributed by atoms with E-state index in [1.807, 2.05) is 42.6 Å². The number of aryl methyl sites for hydroxylation is 1. The second-order valence-corrected chi connectivity index (χ2v) is 7.81. The Bertz CT molecular complexity index is 1330. The molecule has 30 heavy (non-hydrogen) atoms. The number of thiophene rings is 1. The Kier molecular flexibility index (Phi) is 5.13. The van der Waals surface area contributed by atoms with Gasteiger partial charge in [-0.2, -0.15) is 11.3 Å². The highest BCUT2D eigenvalue weighted by Crippen LogP contribution is 2.24. The first-order chi connectivity index (χ1) is 14.4. The van der Waals surface area contributed by atoms with Crippen LogP contribution in [0.25, 0.3) is 22.3 Å². The van der Waals surface area contributed by atoms with E-state index in [1.165, 1.54) is 17.9 Å². The molecule has 0 fully saturated rings. The number of amides is 1. The van der Waals surface area contributed by atoms with Gasteiger partial charge in [-0.15, -0.1) is 0 Å². The number of nitrogens with one attached hydrogen (secondary N) is 1. The average molecular weight is 423 g/mol. The van der Waals surface area contributed by atoms with Crippen LogP contribution in [0.15, 0.2) is 57.0 Å². The van der Waals surface area contributed by atoms with Crippen LogP contribution in [-0.2, 0) is 18.9 Å². The molecule has 3 heterocycles. The molecule has 0 aliphatic heterocycles. The molecule has 0 aliphatic rings. The summed E-state index contributed by atoms with van der Waals surface area (Å²) in [4.78, 5) is 42.1. The Morgan fingerprint density at radius 3 is 2.47 bits per heavy atom. The molecule has 0 saturated carbocycles. The molecule has 4 aromatic rings. The van der Waals surface area contributed by atoms with Crippen LogP contribution in [-0.4, -0.2) is 24.6 Å². The highest BCUT2D eigenvalue weighted by atomic mass is 32.1. The third-order valence-corrected chi connectivity index (χ3v) is 5.89. The van der Waals surface area contributed by atoms with Gasteiger partial charge in [0.25, 0.3) is 5.56 Å². The van der Waals surface area contributed by atoms with E-state index < -0.39 is 17.3 Å². The predicted octanol–water partition coefficient (Wildman–Crippen LogP) is 2.75. The van der Waals surface area contributed by atoms with Crippen molar-refractivity contribution in [1.29, 1.82) is 0 Å². The van der Waals surface area contributed by atoms with E-state index in [1.54, 1.807) is 23.0 Å². The molecule has 3 aromatic heterocycles. The average Bonchev–Trinajstić information content (AvgIpc) is 3.42. The zero-order valence-electron chi connectivity index (χ0n) is 16.8. The van der Waals surface area contributed by atoms with Crippen LogP contribution in [0.4, 0.5) is 5.69 Å². The zero-order chi connectivity index (χ0) is 21.4. The van der Waals surface area contributed by atoms with Crippen molar-refractivity contribution in [3.05, 3.63) is 68.3 Å². The first-order valence-corrected chi connectivity index (χ1v) is 10.4. The van der Waals surface area contributed by atoms with Crippen molar-refractivity contribution >= 4 is 34.1 Å². The number of hydrogen-bond donors (Lipinski definition) is 1. The first-order valence-electron chi connectivity index (χ1n) is 9.48. The van der Waals surface area contributed by atoms with Crippen molar-refractivity contribution in [2.75, 3.05) is 5.32 Å². The summed E-state index contributed by atoms with van der Waals surface area (Å²) in [6.07, 6.45) is 1.90.